The minimum Gasteiger partial charge on any atom is -0.293 e. The molecule has 1 unspecified atom stereocenters. The van der Waals surface area contributed by atoms with Gasteiger partial charge in [-0.15, -0.1) is 10.2 Å². The molecule has 0 aliphatic rings. The average molecular weight is 428 g/mol. The monoisotopic (exact) mass is 427 g/mol. The van der Waals surface area contributed by atoms with Crippen LogP contribution in [-0.4, -0.2) is 20.5 Å². The van der Waals surface area contributed by atoms with Gasteiger partial charge in [0.15, 0.2) is 10.9 Å². The van der Waals surface area contributed by atoms with Crippen LogP contribution in [0, 0.1) is 27.7 Å². The van der Waals surface area contributed by atoms with Gasteiger partial charge in [-0.1, -0.05) is 89.1 Å². The standard InChI is InChI=1S/C26H25N3OS/c1-17-5-11-21(12-6-17)24(30)25(22-13-7-18(2)8-14-22)31-26-28-27-20(4)29(26)23-15-9-19(3)10-16-23/h5-16,25H,1-4H3. The molecule has 0 saturated carbocycles. The molecule has 4 nitrogen and oxygen atoms in total. The lowest BCUT2D eigenvalue weighted by molar-refractivity contribution is 0.0989. The maximum atomic E-state index is 13.6. The van der Waals surface area contributed by atoms with Crippen LogP contribution < -0.4 is 0 Å². The van der Waals surface area contributed by atoms with Crippen LogP contribution in [0.4, 0.5) is 0 Å². The van der Waals surface area contributed by atoms with Gasteiger partial charge in [-0.25, -0.2) is 0 Å². The molecule has 0 amide bonds. The van der Waals surface area contributed by atoms with E-state index in [1.165, 1.54) is 17.3 Å². The number of ketones is 1. The van der Waals surface area contributed by atoms with Crippen molar-refractivity contribution in [1.29, 1.82) is 0 Å². The van der Waals surface area contributed by atoms with Crippen molar-refractivity contribution in [2.45, 2.75) is 38.1 Å². The normalized spacial score (nSPS) is 12.0. The molecule has 156 valence electrons. The summed E-state index contributed by atoms with van der Waals surface area (Å²) in [4.78, 5) is 13.6. The smallest absolute Gasteiger partial charge is 0.196 e. The third-order valence-corrected chi connectivity index (χ3v) is 6.46. The number of thioether (sulfide) groups is 1. The van der Waals surface area contributed by atoms with E-state index in [1.54, 1.807) is 0 Å². The summed E-state index contributed by atoms with van der Waals surface area (Å²) in [5, 5.41) is 8.99. The van der Waals surface area contributed by atoms with Gasteiger partial charge in [0.25, 0.3) is 0 Å². The first kappa shape index (κ1) is 21.1. The summed E-state index contributed by atoms with van der Waals surface area (Å²) in [5.41, 5.74) is 6.12. The number of aryl methyl sites for hydroxylation is 4. The highest BCUT2D eigenvalue weighted by Gasteiger charge is 2.26. The summed E-state index contributed by atoms with van der Waals surface area (Å²) >= 11 is 1.44. The van der Waals surface area contributed by atoms with Gasteiger partial charge in [-0.2, -0.15) is 0 Å². The fraction of sp³-hybridized carbons (Fsp3) is 0.192. The lowest BCUT2D eigenvalue weighted by Crippen LogP contribution is -2.11. The topological polar surface area (TPSA) is 47.8 Å². The Hall–Kier alpha value is -3.18. The van der Waals surface area contributed by atoms with Crippen LogP contribution >= 0.6 is 11.8 Å². The summed E-state index contributed by atoms with van der Waals surface area (Å²) in [6.45, 7) is 8.06. The van der Waals surface area contributed by atoms with Gasteiger partial charge in [0.1, 0.15) is 11.1 Å². The van der Waals surface area contributed by atoms with Gasteiger partial charge in [0.05, 0.1) is 0 Å². The van der Waals surface area contributed by atoms with E-state index in [9.17, 15) is 4.79 Å². The molecule has 0 aliphatic carbocycles. The van der Waals surface area contributed by atoms with E-state index in [1.807, 2.05) is 73.9 Å². The molecule has 0 N–H and O–H groups in total. The zero-order valence-electron chi connectivity index (χ0n) is 18.2. The number of Topliss-reactive ketones (excluding diaryl/α,β-unsaturated/α-hetero) is 1. The van der Waals surface area contributed by atoms with Gasteiger partial charge < -0.3 is 0 Å². The van der Waals surface area contributed by atoms with Crippen LogP contribution in [0.3, 0.4) is 0 Å². The number of carbonyl (C=O) groups is 1. The Morgan fingerprint density at radius 1 is 0.742 bits per heavy atom. The number of nitrogens with zero attached hydrogens (tertiary/aromatic N) is 3. The van der Waals surface area contributed by atoms with E-state index in [0.29, 0.717) is 10.7 Å². The minimum absolute atomic E-state index is 0.0602. The van der Waals surface area contributed by atoms with Crippen molar-refractivity contribution in [3.8, 4) is 5.69 Å². The quantitative estimate of drug-likeness (QED) is 0.271. The van der Waals surface area contributed by atoms with E-state index in [-0.39, 0.29) is 5.78 Å². The zero-order chi connectivity index (χ0) is 22.0. The Labute approximate surface area is 187 Å². The second-order valence-corrected chi connectivity index (χ2v) is 8.91. The lowest BCUT2D eigenvalue weighted by Gasteiger charge is -2.17. The molecular weight excluding hydrogens is 402 g/mol. The predicted molar refractivity (Wildman–Crippen MR) is 126 cm³/mol. The van der Waals surface area contributed by atoms with E-state index in [0.717, 1.165) is 28.2 Å². The van der Waals surface area contributed by atoms with Crippen LogP contribution in [-0.2, 0) is 0 Å². The Bertz CT molecular complexity index is 1190. The molecule has 3 aromatic carbocycles. The second kappa shape index (κ2) is 8.90. The van der Waals surface area contributed by atoms with Crippen LogP contribution in [0.5, 0.6) is 0 Å². The number of aromatic nitrogens is 3. The molecule has 0 radical (unpaired) electrons. The Kier molecular flexibility index (Phi) is 6.05. The van der Waals surface area contributed by atoms with Crippen molar-refractivity contribution in [3.63, 3.8) is 0 Å². The van der Waals surface area contributed by atoms with Crippen LogP contribution in [0.25, 0.3) is 5.69 Å². The van der Waals surface area contributed by atoms with Gasteiger partial charge in [-0.3, -0.25) is 9.36 Å². The summed E-state index contributed by atoms with van der Waals surface area (Å²) < 4.78 is 2.01. The van der Waals surface area contributed by atoms with Crippen LogP contribution in [0.15, 0.2) is 78.0 Å². The average Bonchev–Trinajstić information content (AvgIpc) is 3.13. The molecule has 5 heteroatoms. The van der Waals surface area contributed by atoms with Gasteiger partial charge >= 0.3 is 0 Å². The molecule has 0 spiro atoms. The van der Waals surface area contributed by atoms with Crippen molar-refractivity contribution in [1.82, 2.24) is 14.8 Å². The maximum Gasteiger partial charge on any atom is 0.196 e. The lowest BCUT2D eigenvalue weighted by atomic mass is 10.0. The third-order valence-electron chi connectivity index (χ3n) is 5.26. The van der Waals surface area contributed by atoms with Gasteiger partial charge in [0.2, 0.25) is 0 Å². The second-order valence-electron chi connectivity index (χ2n) is 7.84. The molecular formula is C26H25N3OS. The van der Waals surface area contributed by atoms with Crippen molar-refractivity contribution in [2.24, 2.45) is 0 Å². The first-order valence-electron chi connectivity index (χ1n) is 10.3. The molecule has 1 atom stereocenters. The zero-order valence-corrected chi connectivity index (χ0v) is 19.0. The first-order valence-corrected chi connectivity index (χ1v) is 11.1. The Balaban J connectivity index is 1.75. The number of hydrogen-bond acceptors (Lipinski definition) is 4. The third kappa shape index (κ3) is 4.62. The molecule has 0 bridgehead atoms. The Morgan fingerprint density at radius 3 is 1.84 bits per heavy atom. The van der Waals surface area contributed by atoms with Crippen LogP contribution in [0.2, 0.25) is 0 Å². The van der Waals surface area contributed by atoms with E-state index < -0.39 is 5.25 Å². The number of benzene rings is 3. The summed E-state index contributed by atoms with van der Waals surface area (Å²) in [6, 6.07) is 24.1. The number of hydrogen-bond donors (Lipinski definition) is 0. The fourth-order valence-corrected chi connectivity index (χ4v) is 4.58. The van der Waals surface area contributed by atoms with Crippen molar-refractivity contribution < 1.29 is 4.79 Å². The highest BCUT2D eigenvalue weighted by molar-refractivity contribution is 8.00. The van der Waals surface area contributed by atoms with Crippen molar-refractivity contribution in [2.75, 3.05) is 0 Å². The molecule has 1 aromatic heterocycles. The highest BCUT2D eigenvalue weighted by atomic mass is 32.2. The highest BCUT2D eigenvalue weighted by Crippen LogP contribution is 2.38. The number of carbonyl (C=O) groups excluding carboxylic acids is 1. The van der Waals surface area contributed by atoms with E-state index >= 15 is 0 Å². The molecule has 1 heterocycles. The summed E-state index contributed by atoms with van der Waals surface area (Å²) in [7, 11) is 0. The van der Waals surface area contributed by atoms with Gasteiger partial charge in [0, 0.05) is 11.3 Å². The SMILES string of the molecule is Cc1ccc(C(=O)C(Sc2nnc(C)n2-c2ccc(C)cc2)c2ccc(C)cc2)cc1. The molecule has 0 fully saturated rings. The molecule has 4 aromatic rings. The molecule has 4 rings (SSSR count). The molecule has 0 saturated heterocycles. The van der Waals surface area contributed by atoms with Crippen molar-refractivity contribution in [3.05, 3.63) is 106 Å². The van der Waals surface area contributed by atoms with Crippen LogP contribution in [0.1, 0.15) is 43.7 Å². The summed E-state index contributed by atoms with van der Waals surface area (Å²) in [6.07, 6.45) is 0. The molecule has 31 heavy (non-hydrogen) atoms. The Morgan fingerprint density at radius 2 is 1.26 bits per heavy atom. The number of rotatable bonds is 6. The fourth-order valence-electron chi connectivity index (χ4n) is 3.40. The first-order chi connectivity index (χ1) is 14.9. The summed E-state index contributed by atoms with van der Waals surface area (Å²) in [5.74, 6) is 0.849. The molecule has 0 aliphatic heterocycles. The largest absolute Gasteiger partial charge is 0.293 e. The predicted octanol–water partition coefficient (Wildman–Crippen LogP) is 6.22. The van der Waals surface area contributed by atoms with E-state index in [2.05, 4.69) is 41.4 Å². The van der Waals surface area contributed by atoms with E-state index in [4.69, 9.17) is 0 Å². The minimum atomic E-state index is -0.420. The van der Waals surface area contributed by atoms with Crippen molar-refractivity contribution >= 4 is 17.5 Å². The van der Waals surface area contributed by atoms with Gasteiger partial charge in [-0.05, 0) is 45.4 Å². The maximum absolute atomic E-state index is 13.6.